The third-order valence-corrected chi connectivity index (χ3v) is 3.46. The van der Waals surface area contributed by atoms with Crippen molar-refractivity contribution in [3.05, 3.63) is 52.8 Å². The fourth-order valence-electron chi connectivity index (χ4n) is 1.96. The minimum absolute atomic E-state index is 0.667. The molecule has 19 heavy (non-hydrogen) atoms. The number of benzene rings is 1. The van der Waals surface area contributed by atoms with Crippen LogP contribution in [0.25, 0.3) is 11.1 Å². The van der Waals surface area contributed by atoms with Crippen molar-refractivity contribution in [2.75, 3.05) is 0 Å². The Bertz CT molecular complexity index is 544. The van der Waals surface area contributed by atoms with Crippen LogP contribution < -0.4 is 4.57 Å². The van der Waals surface area contributed by atoms with Crippen LogP contribution in [0, 0.1) is 5.92 Å². The minimum atomic E-state index is 0.667. The SMILES string of the molecule is CC(C)CC[n+]1cccc(-c2cc(Cl)cc(Cl)c2)c1. The Labute approximate surface area is 124 Å². The van der Waals surface area contributed by atoms with E-state index in [0.29, 0.717) is 16.0 Å². The molecular weight excluding hydrogens is 277 g/mol. The van der Waals surface area contributed by atoms with Crippen molar-refractivity contribution >= 4 is 23.2 Å². The molecule has 100 valence electrons. The lowest BCUT2D eigenvalue weighted by Crippen LogP contribution is -2.33. The third-order valence-electron chi connectivity index (χ3n) is 3.02. The van der Waals surface area contributed by atoms with Crippen molar-refractivity contribution in [3.8, 4) is 11.1 Å². The summed E-state index contributed by atoms with van der Waals surface area (Å²) < 4.78 is 2.21. The van der Waals surface area contributed by atoms with Crippen molar-refractivity contribution in [2.45, 2.75) is 26.8 Å². The molecule has 0 radical (unpaired) electrons. The molecule has 0 unspecified atom stereocenters. The van der Waals surface area contributed by atoms with Gasteiger partial charge in [-0.2, -0.15) is 0 Å². The molecule has 0 fully saturated rings. The topological polar surface area (TPSA) is 3.88 Å². The first-order chi connectivity index (χ1) is 9.04. The second kappa shape index (κ2) is 6.40. The van der Waals surface area contributed by atoms with Gasteiger partial charge in [0.15, 0.2) is 12.4 Å². The zero-order valence-electron chi connectivity index (χ0n) is 11.2. The van der Waals surface area contributed by atoms with Crippen molar-refractivity contribution in [1.82, 2.24) is 0 Å². The van der Waals surface area contributed by atoms with Crippen LogP contribution in [0.1, 0.15) is 20.3 Å². The molecular formula is C16H18Cl2N+. The van der Waals surface area contributed by atoms with Crippen LogP contribution >= 0.6 is 23.2 Å². The van der Waals surface area contributed by atoms with Crippen LogP contribution in [-0.2, 0) is 6.54 Å². The predicted molar refractivity (Wildman–Crippen MR) is 81.5 cm³/mol. The van der Waals surface area contributed by atoms with Crippen LogP contribution in [-0.4, -0.2) is 0 Å². The summed E-state index contributed by atoms with van der Waals surface area (Å²) in [4.78, 5) is 0. The van der Waals surface area contributed by atoms with E-state index in [2.05, 4.69) is 42.9 Å². The molecule has 0 N–H and O–H groups in total. The molecule has 2 rings (SSSR count). The van der Waals surface area contributed by atoms with Crippen molar-refractivity contribution in [3.63, 3.8) is 0 Å². The van der Waals surface area contributed by atoms with E-state index < -0.39 is 0 Å². The lowest BCUT2D eigenvalue weighted by molar-refractivity contribution is -0.697. The van der Waals surface area contributed by atoms with E-state index in [9.17, 15) is 0 Å². The van der Waals surface area contributed by atoms with E-state index >= 15 is 0 Å². The maximum atomic E-state index is 6.05. The standard InChI is InChI=1S/C16H18Cl2N/c1-12(2)5-7-19-6-3-4-13(11-19)14-8-15(17)10-16(18)9-14/h3-4,6,8-12H,5,7H2,1-2H3/q+1. The lowest BCUT2D eigenvalue weighted by atomic mass is 10.1. The van der Waals surface area contributed by atoms with E-state index in [1.165, 1.54) is 6.42 Å². The van der Waals surface area contributed by atoms with E-state index in [1.54, 1.807) is 6.07 Å². The first-order valence-electron chi connectivity index (χ1n) is 6.50. The Morgan fingerprint density at radius 2 is 1.74 bits per heavy atom. The van der Waals surface area contributed by atoms with Crippen LogP contribution in [0.15, 0.2) is 42.7 Å². The van der Waals surface area contributed by atoms with Gasteiger partial charge in [0.2, 0.25) is 0 Å². The Hall–Kier alpha value is -1.05. The molecule has 0 aliphatic carbocycles. The van der Waals surface area contributed by atoms with Crippen LogP contribution in [0.4, 0.5) is 0 Å². The maximum absolute atomic E-state index is 6.05. The highest BCUT2D eigenvalue weighted by Crippen LogP contribution is 2.26. The molecule has 3 heteroatoms. The average Bonchev–Trinajstić information content (AvgIpc) is 2.35. The Morgan fingerprint density at radius 3 is 2.37 bits per heavy atom. The fraction of sp³-hybridized carbons (Fsp3) is 0.312. The monoisotopic (exact) mass is 294 g/mol. The largest absolute Gasteiger partial charge is 0.205 e. The molecule has 2 aromatic rings. The molecule has 1 aromatic carbocycles. The third kappa shape index (κ3) is 4.22. The maximum Gasteiger partial charge on any atom is 0.176 e. The zero-order valence-corrected chi connectivity index (χ0v) is 12.7. The number of hydrogen-bond acceptors (Lipinski definition) is 0. The summed E-state index contributed by atoms with van der Waals surface area (Å²) in [7, 11) is 0. The molecule has 0 bridgehead atoms. The molecule has 0 aliphatic heterocycles. The number of aryl methyl sites for hydroxylation is 1. The van der Waals surface area contributed by atoms with Crippen LogP contribution in [0.2, 0.25) is 10.0 Å². The summed E-state index contributed by atoms with van der Waals surface area (Å²) in [6, 6.07) is 9.77. The average molecular weight is 295 g/mol. The summed E-state index contributed by atoms with van der Waals surface area (Å²) in [5.74, 6) is 0.705. The summed E-state index contributed by atoms with van der Waals surface area (Å²) in [5, 5.41) is 1.33. The lowest BCUT2D eigenvalue weighted by Gasteiger charge is -2.04. The van der Waals surface area contributed by atoms with Crippen LogP contribution in [0.5, 0.6) is 0 Å². The fourth-order valence-corrected chi connectivity index (χ4v) is 2.49. The molecule has 0 spiro atoms. The van der Waals surface area contributed by atoms with Crippen LogP contribution in [0.3, 0.4) is 0 Å². The second-order valence-corrected chi connectivity index (χ2v) is 6.04. The normalized spacial score (nSPS) is 11.0. The highest BCUT2D eigenvalue weighted by atomic mass is 35.5. The molecule has 0 aliphatic rings. The number of aromatic nitrogens is 1. The van der Waals surface area contributed by atoms with E-state index in [-0.39, 0.29) is 0 Å². The van der Waals surface area contributed by atoms with Gasteiger partial charge in [-0.25, -0.2) is 4.57 Å². The smallest absolute Gasteiger partial charge is 0.176 e. The van der Waals surface area contributed by atoms with Gasteiger partial charge in [0.25, 0.3) is 0 Å². The molecule has 1 heterocycles. The molecule has 1 aromatic heterocycles. The number of rotatable bonds is 4. The number of pyridine rings is 1. The van der Waals surface area contributed by atoms with Gasteiger partial charge in [-0.1, -0.05) is 37.0 Å². The predicted octanol–water partition coefficient (Wildman–Crippen LogP) is 4.99. The van der Waals surface area contributed by atoms with Gasteiger partial charge >= 0.3 is 0 Å². The molecule has 0 saturated heterocycles. The van der Waals surface area contributed by atoms with Gasteiger partial charge in [-0.3, -0.25) is 0 Å². The zero-order chi connectivity index (χ0) is 13.8. The van der Waals surface area contributed by atoms with E-state index in [0.717, 1.165) is 17.7 Å². The Balaban J connectivity index is 2.27. The second-order valence-electron chi connectivity index (χ2n) is 5.17. The quantitative estimate of drug-likeness (QED) is 0.699. The summed E-state index contributed by atoms with van der Waals surface area (Å²) in [6.07, 6.45) is 5.41. The number of hydrogen-bond donors (Lipinski definition) is 0. The molecule has 0 amide bonds. The van der Waals surface area contributed by atoms with E-state index in [1.807, 2.05) is 12.1 Å². The van der Waals surface area contributed by atoms with Gasteiger partial charge in [0, 0.05) is 28.1 Å². The highest BCUT2D eigenvalue weighted by Gasteiger charge is 2.07. The molecule has 1 nitrogen and oxygen atoms in total. The van der Waals surface area contributed by atoms with Crippen molar-refractivity contribution in [2.24, 2.45) is 5.92 Å². The summed E-state index contributed by atoms with van der Waals surface area (Å²) in [5.41, 5.74) is 2.19. The summed E-state index contributed by atoms with van der Waals surface area (Å²) >= 11 is 12.1. The molecule has 0 saturated carbocycles. The number of nitrogens with zero attached hydrogens (tertiary/aromatic N) is 1. The Morgan fingerprint density at radius 1 is 1.05 bits per heavy atom. The van der Waals surface area contributed by atoms with Gasteiger partial charge in [-0.05, 0) is 35.7 Å². The van der Waals surface area contributed by atoms with Crippen molar-refractivity contribution < 1.29 is 4.57 Å². The van der Waals surface area contributed by atoms with Gasteiger partial charge in [0.1, 0.15) is 6.54 Å². The summed E-state index contributed by atoms with van der Waals surface area (Å²) in [6.45, 7) is 5.50. The molecule has 0 atom stereocenters. The minimum Gasteiger partial charge on any atom is -0.205 e. The Kier molecular flexibility index (Phi) is 4.84. The highest BCUT2D eigenvalue weighted by molar-refractivity contribution is 6.35. The van der Waals surface area contributed by atoms with Gasteiger partial charge < -0.3 is 0 Å². The van der Waals surface area contributed by atoms with Crippen molar-refractivity contribution in [1.29, 1.82) is 0 Å². The first kappa shape index (κ1) is 14.4. The number of halogens is 2. The van der Waals surface area contributed by atoms with E-state index in [4.69, 9.17) is 23.2 Å². The first-order valence-corrected chi connectivity index (χ1v) is 7.26. The van der Waals surface area contributed by atoms with Gasteiger partial charge in [0.05, 0.1) is 0 Å². The van der Waals surface area contributed by atoms with Gasteiger partial charge in [-0.15, -0.1) is 0 Å².